The first kappa shape index (κ1) is 11.0. The van der Waals surface area contributed by atoms with Crippen molar-refractivity contribution in [3.05, 3.63) is 31.5 Å². The molecule has 0 aromatic carbocycles. The quantitative estimate of drug-likeness (QED) is 0.875. The number of aromatic amines is 1. The van der Waals surface area contributed by atoms with E-state index < -0.39 is 0 Å². The molecule has 0 amide bonds. The van der Waals surface area contributed by atoms with Crippen molar-refractivity contribution in [3.8, 4) is 0 Å². The second kappa shape index (κ2) is 5.05. The van der Waals surface area contributed by atoms with E-state index in [1.807, 2.05) is 0 Å². The first-order valence-electron chi connectivity index (χ1n) is 4.51. The Morgan fingerprint density at radius 3 is 3.00 bits per heavy atom. The average Bonchev–Trinajstić information content (AvgIpc) is 2.76. The summed E-state index contributed by atoms with van der Waals surface area (Å²) in [5, 5.41) is 8.66. The van der Waals surface area contributed by atoms with Gasteiger partial charge in [0.05, 0.1) is 0 Å². The van der Waals surface area contributed by atoms with Crippen molar-refractivity contribution in [2.24, 2.45) is 0 Å². The van der Waals surface area contributed by atoms with Crippen molar-refractivity contribution in [1.29, 1.82) is 0 Å². The average molecular weight is 305 g/mol. The molecule has 0 aliphatic carbocycles. The Balaban J connectivity index is 1.82. The zero-order valence-corrected chi connectivity index (χ0v) is 11.0. The highest BCUT2D eigenvalue weighted by Crippen LogP contribution is 2.21. The zero-order valence-electron chi connectivity index (χ0n) is 7.83. The molecule has 0 atom stereocenters. The van der Waals surface area contributed by atoms with Crippen LogP contribution in [0.5, 0.6) is 0 Å². The van der Waals surface area contributed by atoms with Crippen LogP contribution in [0.3, 0.4) is 0 Å². The summed E-state index contributed by atoms with van der Waals surface area (Å²) < 4.78 is 6.32. The lowest BCUT2D eigenvalue weighted by atomic mass is 10.2. The molecule has 2 rings (SSSR count). The monoisotopic (exact) mass is 304 g/mol. The topological polar surface area (TPSA) is 41.8 Å². The predicted octanol–water partition coefficient (Wildman–Crippen LogP) is 3.73. The Hall–Kier alpha value is -0.460. The molecule has 0 aliphatic heterocycles. The number of thiophene rings is 1. The van der Waals surface area contributed by atoms with Crippen LogP contribution in [0.25, 0.3) is 0 Å². The highest BCUT2D eigenvalue weighted by atomic mass is 79.9. The SMILES string of the molecule is S=c1[nH]nc(CCCc2cc(Br)cs2)o1. The molecule has 0 spiro atoms. The molecule has 0 saturated carbocycles. The van der Waals surface area contributed by atoms with Crippen molar-refractivity contribution in [3.63, 3.8) is 0 Å². The van der Waals surface area contributed by atoms with E-state index >= 15 is 0 Å². The maximum atomic E-state index is 5.17. The number of rotatable bonds is 4. The number of aromatic nitrogens is 2. The largest absolute Gasteiger partial charge is 0.414 e. The lowest BCUT2D eigenvalue weighted by molar-refractivity contribution is 0.474. The van der Waals surface area contributed by atoms with Gasteiger partial charge in [-0.1, -0.05) is 0 Å². The van der Waals surface area contributed by atoms with Crippen LogP contribution in [0.4, 0.5) is 0 Å². The van der Waals surface area contributed by atoms with Gasteiger partial charge in [0.2, 0.25) is 5.89 Å². The van der Waals surface area contributed by atoms with Crippen LogP contribution < -0.4 is 0 Å². The molecule has 6 heteroatoms. The highest BCUT2D eigenvalue weighted by Gasteiger charge is 2.01. The summed E-state index contributed by atoms with van der Waals surface area (Å²) in [5.41, 5.74) is 0. The van der Waals surface area contributed by atoms with E-state index in [4.69, 9.17) is 16.6 Å². The summed E-state index contributed by atoms with van der Waals surface area (Å²) in [4.78, 5) is 1.72. The van der Waals surface area contributed by atoms with Crippen molar-refractivity contribution in [1.82, 2.24) is 10.2 Å². The van der Waals surface area contributed by atoms with Crippen LogP contribution in [0.2, 0.25) is 0 Å². The van der Waals surface area contributed by atoms with Gasteiger partial charge in [-0.2, -0.15) is 0 Å². The number of halogens is 1. The van der Waals surface area contributed by atoms with Gasteiger partial charge in [0.25, 0.3) is 4.84 Å². The van der Waals surface area contributed by atoms with Gasteiger partial charge < -0.3 is 4.42 Å². The third kappa shape index (κ3) is 3.25. The fourth-order valence-corrected chi connectivity index (χ4v) is 2.91. The number of aryl methyl sites for hydroxylation is 2. The molecule has 15 heavy (non-hydrogen) atoms. The summed E-state index contributed by atoms with van der Waals surface area (Å²) in [5.74, 6) is 0.690. The van der Waals surface area contributed by atoms with Gasteiger partial charge >= 0.3 is 0 Å². The van der Waals surface area contributed by atoms with Gasteiger partial charge in [0, 0.05) is 21.2 Å². The number of nitrogens with zero attached hydrogens (tertiary/aromatic N) is 1. The standard InChI is InChI=1S/C9H9BrN2OS2/c10-6-4-7(15-5-6)2-1-3-8-11-12-9(14)13-8/h4-5H,1-3H2,(H,12,14). The van der Waals surface area contributed by atoms with Gasteiger partial charge in [-0.05, 0) is 47.1 Å². The van der Waals surface area contributed by atoms with Gasteiger partial charge in [0.15, 0.2) is 0 Å². The van der Waals surface area contributed by atoms with Crippen molar-refractivity contribution >= 4 is 39.5 Å². The molecular weight excluding hydrogens is 296 g/mol. The molecule has 0 saturated heterocycles. The normalized spacial score (nSPS) is 10.7. The Labute approximate surface area is 105 Å². The first-order chi connectivity index (χ1) is 7.24. The second-order valence-corrected chi connectivity index (χ2v) is 5.37. The Morgan fingerprint density at radius 2 is 2.40 bits per heavy atom. The predicted molar refractivity (Wildman–Crippen MR) is 65.7 cm³/mol. The maximum Gasteiger partial charge on any atom is 0.284 e. The van der Waals surface area contributed by atoms with E-state index in [0.29, 0.717) is 10.7 Å². The van der Waals surface area contributed by atoms with Crippen LogP contribution in [0.1, 0.15) is 17.2 Å². The van der Waals surface area contributed by atoms with Gasteiger partial charge in [-0.15, -0.1) is 16.4 Å². The molecule has 2 aromatic heterocycles. The Morgan fingerprint density at radius 1 is 1.53 bits per heavy atom. The number of hydrogen-bond donors (Lipinski definition) is 1. The summed E-state index contributed by atoms with van der Waals surface area (Å²) in [6.07, 6.45) is 2.89. The van der Waals surface area contributed by atoms with Gasteiger partial charge in [-0.25, -0.2) is 5.10 Å². The molecule has 1 N–H and O–H groups in total. The Kier molecular flexibility index (Phi) is 3.71. The number of H-pyrrole nitrogens is 1. The van der Waals surface area contributed by atoms with E-state index in [-0.39, 0.29) is 0 Å². The third-order valence-electron chi connectivity index (χ3n) is 1.92. The molecule has 0 bridgehead atoms. The van der Waals surface area contributed by atoms with Crippen LogP contribution in [0, 0.1) is 4.84 Å². The summed E-state index contributed by atoms with van der Waals surface area (Å²) in [7, 11) is 0. The Bertz CT molecular complexity index is 488. The molecule has 2 aromatic rings. The lowest BCUT2D eigenvalue weighted by Gasteiger charge is -1.93. The zero-order chi connectivity index (χ0) is 10.7. The van der Waals surface area contributed by atoms with Gasteiger partial charge in [0.1, 0.15) is 0 Å². The van der Waals surface area contributed by atoms with Crippen LogP contribution in [-0.2, 0) is 12.8 Å². The van der Waals surface area contributed by atoms with E-state index in [1.165, 1.54) is 4.88 Å². The fourth-order valence-electron chi connectivity index (χ4n) is 1.27. The summed E-state index contributed by atoms with van der Waals surface area (Å²) >= 11 is 9.99. The number of hydrogen-bond acceptors (Lipinski definition) is 4. The maximum absolute atomic E-state index is 5.17. The van der Waals surface area contributed by atoms with Gasteiger partial charge in [-0.3, -0.25) is 0 Å². The molecule has 3 nitrogen and oxygen atoms in total. The minimum Gasteiger partial charge on any atom is -0.414 e. The van der Waals surface area contributed by atoms with Crippen LogP contribution in [-0.4, -0.2) is 10.2 Å². The summed E-state index contributed by atoms with van der Waals surface area (Å²) in [6, 6.07) is 2.14. The second-order valence-electron chi connectivity index (χ2n) is 3.09. The van der Waals surface area contributed by atoms with E-state index in [9.17, 15) is 0 Å². The van der Waals surface area contributed by atoms with Crippen molar-refractivity contribution in [2.75, 3.05) is 0 Å². The molecule has 2 heterocycles. The smallest absolute Gasteiger partial charge is 0.284 e. The molecular formula is C9H9BrN2OS2. The minimum absolute atomic E-state index is 0.351. The summed E-state index contributed by atoms with van der Waals surface area (Å²) in [6.45, 7) is 0. The van der Waals surface area contributed by atoms with Crippen LogP contribution >= 0.6 is 39.5 Å². The molecule has 0 unspecified atom stereocenters. The van der Waals surface area contributed by atoms with E-state index in [2.05, 4.69) is 37.6 Å². The molecule has 0 fully saturated rings. The van der Waals surface area contributed by atoms with Crippen molar-refractivity contribution in [2.45, 2.75) is 19.3 Å². The first-order valence-corrected chi connectivity index (χ1v) is 6.59. The van der Waals surface area contributed by atoms with Crippen molar-refractivity contribution < 1.29 is 4.42 Å². The van der Waals surface area contributed by atoms with E-state index in [1.54, 1.807) is 11.3 Å². The fraction of sp³-hybridized carbons (Fsp3) is 0.333. The van der Waals surface area contributed by atoms with E-state index in [0.717, 1.165) is 23.7 Å². The molecule has 0 aliphatic rings. The minimum atomic E-state index is 0.351. The third-order valence-corrected chi connectivity index (χ3v) is 3.85. The highest BCUT2D eigenvalue weighted by molar-refractivity contribution is 9.10. The molecule has 0 radical (unpaired) electrons. The number of nitrogens with one attached hydrogen (secondary N) is 1. The van der Waals surface area contributed by atoms with Crippen LogP contribution in [0.15, 0.2) is 20.3 Å². The lowest BCUT2D eigenvalue weighted by Crippen LogP contribution is -1.88. The molecule has 80 valence electrons.